The molecule has 0 saturated heterocycles. The molecular weight excluding hydrogens is 176 g/mol. The van der Waals surface area contributed by atoms with E-state index in [0.29, 0.717) is 6.04 Å². The van der Waals surface area contributed by atoms with Crippen molar-refractivity contribution in [1.29, 1.82) is 0 Å². The van der Waals surface area contributed by atoms with Gasteiger partial charge in [0.2, 0.25) is 0 Å². The van der Waals surface area contributed by atoms with Crippen LogP contribution in [0.15, 0.2) is 18.6 Å². The molecule has 1 unspecified atom stereocenters. The zero-order chi connectivity index (χ0) is 10.2. The third-order valence-electron chi connectivity index (χ3n) is 1.95. The van der Waals surface area contributed by atoms with Crippen LogP contribution in [0.5, 0.6) is 0 Å². The van der Waals surface area contributed by atoms with Crippen molar-refractivity contribution in [3.8, 4) is 0 Å². The van der Waals surface area contributed by atoms with Gasteiger partial charge in [-0.15, -0.1) is 0 Å². The minimum absolute atomic E-state index is 0.456. The highest BCUT2D eigenvalue weighted by Crippen LogP contribution is 1.90. The fraction of sp³-hybridized carbons (Fsp3) is 0.600. The van der Waals surface area contributed by atoms with Gasteiger partial charge in [0.05, 0.1) is 5.69 Å². The molecule has 0 fully saturated rings. The first-order valence-corrected chi connectivity index (χ1v) is 5.02. The fourth-order valence-electron chi connectivity index (χ4n) is 1.13. The van der Waals surface area contributed by atoms with Gasteiger partial charge in [-0.05, 0) is 13.5 Å². The van der Waals surface area contributed by atoms with Crippen molar-refractivity contribution in [2.24, 2.45) is 0 Å². The van der Waals surface area contributed by atoms with Crippen LogP contribution in [0.4, 0.5) is 0 Å². The lowest BCUT2D eigenvalue weighted by molar-refractivity contribution is 0.504. The molecular formula is C10H18N4. The number of nitrogens with zero attached hydrogens (tertiary/aromatic N) is 2. The minimum atomic E-state index is 0.456. The van der Waals surface area contributed by atoms with Gasteiger partial charge in [-0.25, -0.2) is 0 Å². The van der Waals surface area contributed by atoms with Gasteiger partial charge in [-0.2, -0.15) is 0 Å². The first-order valence-electron chi connectivity index (χ1n) is 5.02. The third-order valence-corrected chi connectivity index (χ3v) is 1.95. The van der Waals surface area contributed by atoms with Crippen LogP contribution < -0.4 is 10.6 Å². The standard InChI is InChI=1S/C10H18N4/c1-3-11-6-9(2)14-8-10-7-12-4-5-13-10/h4-5,7,9,11,14H,3,6,8H2,1-2H3. The summed E-state index contributed by atoms with van der Waals surface area (Å²) >= 11 is 0. The van der Waals surface area contributed by atoms with Crippen molar-refractivity contribution in [1.82, 2.24) is 20.6 Å². The Hall–Kier alpha value is -1.00. The molecule has 0 aliphatic carbocycles. The Bertz CT molecular complexity index is 237. The van der Waals surface area contributed by atoms with Gasteiger partial charge >= 0.3 is 0 Å². The summed E-state index contributed by atoms with van der Waals surface area (Å²) in [5.74, 6) is 0. The Morgan fingerprint density at radius 1 is 1.43 bits per heavy atom. The third kappa shape index (κ3) is 4.30. The predicted molar refractivity (Wildman–Crippen MR) is 56.9 cm³/mol. The first kappa shape index (κ1) is 11.1. The maximum absolute atomic E-state index is 4.19. The van der Waals surface area contributed by atoms with Gasteiger partial charge in [-0.1, -0.05) is 6.92 Å². The second-order valence-electron chi connectivity index (χ2n) is 3.29. The summed E-state index contributed by atoms with van der Waals surface area (Å²) in [5, 5.41) is 6.65. The molecule has 0 spiro atoms. The van der Waals surface area contributed by atoms with Crippen LogP contribution in [0.1, 0.15) is 19.5 Å². The molecule has 78 valence electrons. The van der Waals surface area contributed by atoms with Crippen molar-refractivity contribution in [2.45, 2.75) is 26.4 Å². The molecule has 1 aromatic rings. The summed E-state index contributed by atoms with van der Waals surface area (Å²) in [6, 6.07) is 0.456. The van der Waals surface area contributed by atoms with Gasteiger partial charge in [0.1, 0.15) is 0 Å². The van der Waals surface area contributed by atoms with Gasteiger partial charge in [0.25, 0.3) is 0 Å². The van der Waals surface area contributed by atoms with Gasteiger partial charge in [0, 0.05) is 37.7 Å². The number of likely N-dealkylation sites (N-methyl/N-ethyl adjacent to an activating group) is 1. The van der Waals surface area contributed by atoms with E-state index in [0.717, 1.165) is 25.3 Å². The molecule has 1 atom stereocenters. The summed E-state index contributed by atoms with van der Waals surface area (Å²) in [5.41, 5.74) is 0.982. The SMILES string of the molecule is CCNCC(C)NCc1cnccn1. The Morgan fingerprint density at radius 3 is 2.93 bits per heavy atom. The van der Waals surface area contributed by atoms with Crippen LogP contribution in [0.2, 0.25) is 0 Å². The number of hydrogen-bond donors (Lipinski definition) is 2. The van der Waals surface area contributed by atoms with E-state index in [2.05, 4.69) is 34.4 Å². The first-order chi connectivity index (χ1) is 6.83. The van der Waals surface area contributed by atoms with Crippen LogP contribution in [0, 0.1) is 0 Å². The van der Waals surface area contributed by atoms with Crippen LogP contribution in [0.25, 0.3) is 0 Å². The van der Waals surface area contributed by atoms with E-state index in [1.165, 1.54) is 0 Å². The molecule has 0 aromatic carbocycles. The van der Waals surface area contributed by atoms with Crippen LogP contribution in [-0.2, 0) is 6.54 Å². The summed E-state index contributed by atoms with van der Waals surface area (Å²) < 4.78 is 0. The van der Waals surface area contributed by atoms with Crippen LogP contribution >= 0.6 is 0 Å². The maximum atomic E-state index is 4.19. The second kappa shape index (κ2) is 6.45. The monoisotopic (exact) mass is 194 g/mol. The zero-order valence-electron chi connectivity index (χ0n) is 8.83. The summed E-state index contributed by atoms with van der Waals surface area (Å²) in [6.07, 6.45) is 5.19. The molecule has 1 heterocycles. The van der Waals surface area contributed by atoms with Crippen molar-refractivity contribution in [3.63, 3.8) is 0 Å². The Labute approximate surface area is 85.2 Å². The molecule has 4 heteroatoms. The summed E-state index contributed by atoms with van der Waals surface area (Å²) in [6.45, 7) is 7.03. The van der Waals surface area contributed by atoms with Crippen molar-refractivity contribution in [3.05, 3.63) is 24.3 Å². The average Bonchev–Trinajstić information content (AvgIpc) is 2.25. The van der Waals surface area contributed by atoms with Gasteiger partial charge in [-0.3, -0.25) is 9.97 Å². The molecule has 1 rings (SSSR count). The highest BCUT2D eigenvalue weighted by atomic mass is 15.0. The van der Waals surface area contributed by atoms with E-state index in [1.54, 1.807) is 18.6 Å². The van der Waals surface area contributed by atoms with Gasteiger partial charge < -0.3 is 10.6 Å². The smallest absolute Gasteiger partial charge is 0.0724 e. The van der Waals surface area contributed by atoms with E-state index >= 15 is 0 Å². The number of aromatic nitrogens is 2. The topological polar surface area (TPSA) is 49.8 Å². The van der Waals surface area contributed by atoms with E-state index < -0.39 is 0 Å². The number of hydrogen-bond acceptors (Lipinski definition) is 4. The van der Waals surface area contributed by atoms with Crippen molar-refractivity contribution in [2.75, 3.05) is 13.1 Å². The molecule has 0 aliphatic heterocycles. The predicted octanol–water partition coefficient (Wildman–Crippen LogP) is 0.564. The lowest BCUT2D eigenvalue weighted by atomic mass is 10.3. The average molecular weight is 194 g/mol. The molecule has 0 aliphatic rings. The molecule has 0 amide bonds. The molecule has 0 saturated carbocycles. The fourth-order valence-corrected chi connectivity index (χ4v) is 1.13. The quantitative estimate of drug-likeness (QED) is 0.695. The Kier molecular flexibility index (Phi) is 5.11. The van der Waals surface area contributed by atoms with Crippen LogP contribution in [0.3, 0.4) is 0 Å². The Morgan fingerprint density at radius 2 is 2.29 bits per heavy atom. The van der Waals surface area contributed by atoms with E-state index in [1.807, 2.05) is 0 Å². The van der Waals surface area contributed by atoms with Crippen LogP contribution in [-0.4, -0.2) is 29.1 Å². The summed E-state index contributed by atoms with van der Waals surface area (Å²) in [7, 11) is 0. The van der Waals surface area contributed by atoms with E-state index in [9.17, 15) is 0 Å². The highest BCUT2D eigenvalue weighted by molar-refractivity contribution is 4.94. The minimum Gasteiger partial charge on any atom is -0.315 e. The molecule has 14 heavy (non-hydrogen) atoms. The van der Waals surface area contributed by atoms with E-state index in [-0.39, 0.29) is 0 Å². The van der Waals surface area contributed by atoms with Gasteiger partial charge in [0.15, 0.2) is 0 Å². The number of rotatable bonds is 6. The Balaban J connectivity index is 2.20. The number of nitrogens with one attached hydrogen (secondary N) is 2. The van der Waals surface area contributed by atoms with E-state index in [4.69, 9.17) is 0 Å². The zero-order valence-corrected chi connectivity index (χ0v) is 8.83. The molecule has 0 bridgehead atoms. The molecule has 0 radical (unpaired) electrons. The maximum Gasteiger partial charge on any atom is 0.0724 e. The molecule has 2 N–H and O–H groups in total. The lowest BCUT2D eigenvalue weighted by Gasteiger charge is -2.13. The normalized spacial score (nSPS) is 12.7. The summed E-state index contributed by atoms with van der Waals surface area (Å²) in [4.78, 5) is 8.19. The van der Waals surface area contributed by atoms with Crippen molar-refractivity contribution < 1.29 is 0 Å². The lowest BCUT2D eigenvalue weighted by Crippen LogP contribution is -2.35. The largest absolute Gasteiger partial charge is 0.315 e. The van der Waals surface area contributed by atoms with Crippen molar-refractivity contribution >= 4 is 0 Å². The highest BCUT2D eigenvalue weighted by Gasteiger charge is 2.00. The molecule has 4 nitrogen and oxygen atoms in total. The second-order valence-corrected chi connectivity index (χ2v) is 3.29. The molecule has 1 aromatic heterocycles.